The summed E-state index contributed by atoms with van der Waals surface area (Å²) in [5.41, 5.74) is 0.344. The van der Waals surface area contributed by atoms with Gasteiger partial charge in [0.2, 0.25) is 0 Å². The van der Waals surface area contributed by atoms with Crippen molar-refractivity contribution >= 4 is 50.9 Å². The number of phenolic OH excluding ortho intramolecular Hbond substituents is 1. The fourth-order valence-corrected chi connectivity index (χ4v) is 2.34. The third kappa shape index (κ3) is 2.01. The summed E-state index contributed by atoms with van der Waals surface area (Å²) in [5.74, 6) is 0.207. The number of aromatic hydroxyl groups is 1. The highest BCUT2D eigenvalue weighted by Crippen LogP contribution is 2.30. The fraction of sp³-hybridized carbons (Fsp3) is 0. The van der Waals surface area contributed by atoms with Crippen molar-refractivity contribution in [3.8, 4) is 5.75 Å². The fourth-order valence-electron chi connectivity index (χ4n) is 0.605. The average molecular weight is 375 g/mol. The number of benzene rings is 1. The van der Waals surface area contributed by atoms with Crippen LogP contribution in [0.4, 0.5) is 5.69 Å². The van der Waals surface area contributed by atoms with Gasteiger partial charge in [0.25, 0.3) is 0 Å². The highest BCUT2D eigenvalue weighted by molar-refractivity contribution is 14.1. The van der Waals surface area contributed by atoms with Crippen LogP contribution in [0.25, 0.3) is 0 Å². The summed E-state index contributed by atoms with van der Waals surface area (Å²) in [4.78, 5) is 10.1. The van der Waals surface area contributed by atoms with Crippen molar-refractivity contribution in [3.05, 3.63) is 24.2 Å². The normalized spacial score (nSPS) is 9.64. The van der Waals surface area contributed by atoms with Crippen LogP contribution in [0.2, 0.25) is 0 Å². The van der Waals surface area contributed by atoms with E-state index in [1.54, 1.807) is 0 Å². The van der Waals surface area contributed by atoms with Crippen molar-refractivity contribution in [3.63, 3.8) is 0 Å². The molecule has 0 spiro atoms. The summed E-state index contributed by atoms with van der Waals surface area (Å²) in [7, 11) is 0. The summed E-state index contributed by atoms with van der Waals surface area (Å²) in [5, 5.41) is 12.0. The molecule has 0 saturated carbocycles. The van der Waals surface area contributed by atoms with Crippen LogP contribution < -0.4 is 0 Å². The number of rotatable bonds is 1. The molecule has 1 aromatic rings. The van der Waals surface area contributed by atoms with Gasteiger partial charge in [-0.05, 0) is 62.5 Å². The monoisotopic (exact) mass is 375 g/mol. The van der Waals surface area contributed by atoms with Gasteiger partial charge < -0.3 is 5.11 Å². The number of nitrogens with zero attached hydrogens (tertiary/aromatic N) is 1. The van der Waals surface area contributed by atoms with Gasteiger partial charge in [0.15, 0.2) is 0 Å². The first-order valence-electron chi connectivity index (χ1n) is 2.66. The molecule has 1 N–H and O–H groups in total. The molecule has 0 amide bonds. The van der Waals surface area contributed by atoms with Crippen molar-refractivity contribution in [2.45, 2.75) is 0 Å². The Morgan fingerprint density at radius 3 is 2.09 bits per heavy atom. The maximum atomic E-state index is 10.1. The maximum absolute atomic E-state index is 10.1. The van der Waals surface area contributed by atoms with Gasteiger partial charge >= 0.3 is 0 Å². The lowest BCUT2D eigenvalue weighted by Crippen LogP contribution is -1.78. The molecular weight excluding hydrogens is 372 g/mol. The molecule has 0 radical (unpaired) electrons. The van der Waals surface area contributed by atoms with Crippen LogP contribution in [-0.2, 0) is 0 Å². The third-order valence-electron chi connectivity index (χ3n) is 1.11. The zero-order valence-electron chi connectivity index (χ0n) is 5.21. The topological polar surface area (TPSA) is 49.7 Å². The molecule has 0 aliphatic heterocycles. The van der Waals surface area contributed by atoms with Gasteiger partial charge in [0.1, 0.15) is 11.4 Å². The average Bonchev–Trinajstić information content (AvgIpc) is 1.99. The van der Waals surface area contributed by atoms with Crippen LogP contribution in [0.1, 0.15) is 0 Å². The number of nitroso groups, excluding NO2 is 1. The molecule has 0 fully saturated rings. The van der Waals surface area contributed by atoms with E-state index in [1.807, 2.05) is 45.2 Å². The molecule has 0 bridgehead atoms. The molecule has 0 heterocycles. The van der Waals surface area contributed by atoms with Crippen LogP contribution in [0.3, 0.4) is 0 Å². The lowest BCUT2D eigenvalue weighted by atomic mass is 10.3. The lowest BCUT2D eigenvalue weighted by Gasteiger charge is -1.99. The number of halogens is 2. The molecule has 3 nitrogen and oxygen atoms in total. The molecular formula is C6H3I2NO2. The second kappa shape index (κ2) is 3.65. The van der Waals surface area contributed by atoms with E-state index in [-0.39, 0.29) is 5.75 Å². The second-order valence-electron chi connectivity index (χ2n) is 1.85. The van der Waals surface area contributed by atoms with Crippen LogP contribution in [0, 0.1) is 12.0 Å². The van der Waals surface area contributed by atoms with Gasteiger partial charge in [-0.1, -0.05) is 0 Å². The van der Waals surface area contributed by atoms with Gasteiger partial charge in [-0.3, -0.25) is 0 Å². The van der Waals surface area contributed by atoms with Crippen molar-refractivity contribution < 1.29 is 5.11 Å². The van der Waals surface area contributed by atoms with Crippen molar-refractivity contribution in [1.82, 2.24) is 0 Å². The molecule has 0 saturated heterocycles. The Kier molecular flexibility index (Phi) is 3.05. The lowest BCUT2D eigenvalue weighted by molar-refractivity contribution is 0.467. The maximum Gasteiger partial charge on any atom is 0.142 e. The third-order valence-corrected chi connectivity index (χ3v) is 2.75. The van der Waals surface area contributed by atoms with Gasteiger partial charge in [-0.15, -0.1) is 4.91 Å². The van der Waals surface area contributed by atoms with E-state index in [4.69, 9.17) is 0 Å². The minimum absolute atomic E-state index is 0.207. The van der Waals surface area contributed by atoms with Crippen molar-refractivity contribution in [1.29, 1.82) is 0 Å². The second-order valence-corrected chi connectivity index (χ2v) is 4.17. The highest BCUT2D eigenvalue weighted by Gasteiger charge is 2.04. The van der Waals surface area contributed by atoms with Gasteiger partial charge in [0, 0.05) is 0 Å². The Morgan fingerprint density at radius 1 is 1.27 bits per heavy atom. The Labute approximate surface area is 90.4 Å². The van der Waals surface area contributed by atoms with Crippen molar-refractivity contribution in [2.75, 3.05) is 0 Å². The largest absolute Gasteiger partial charge is 0.506 e. The molecule has 0 aromatic heterocycles. The minimum atomic E-state index is 0.207. The predicted molar refractivity (Wildman–Crippen MR) is 59.0 cm³/mol. The molecule has 11 heavy (non-hydrogen) atoms. The summed E-state index contributed by atoms with van der Waals surface area (Å²) >= 11 is 3.89. The Bertz CT molecular complexity index is 278. The number of hydrogen-bond acceptors (Lipinski definition) is 3. The van der Waals surface area contributed by atoms with E-state index in [0.29, 0.717) is 12.8 Å². The molecule has 1 rings (SSSR count). The van der Waals surface area contributed by atoms with Crippen LogP contribution in [0.5, 0.6) is 5.75 Å². The Balaban J connectivity index is 3.31. The molecule has 0 unspecified atom stereocenters. The number of hydrogen-bond donors (Lipinski definition) is 1. The Hall–Kier alpha value is 0.0800. The standard InChI is InChI=1S/C6H3I2NO2/c7-4-1-3(9-11)2-5(8)6(4)10/h1-2,10H. The van der Waals surface area contributed by atoms with E-state index in [1.165, 1.54) is 12.1 Å². The van der Waals surface area contributed by atoms with E-state index in [2.05, 4.69) is 5.18 Å². The van der Waals surface area contributed by atoms with E-state index in [0.717, 1.165) is 0 Å². The molecule has 0 aliphatic carbocycles. The molecule has 0 aliphatic rings. The van der Waals surface area contributed by atoms with Crippen molar-refractivity contribution in [2.24, 2.45) is 5.18 Å². The van der Waals surface area contributed by atoms with E-state index in [9.17, 15) is 10.0 Å². The SMILES string of the molecule is O=Nc1cc(I)c(O)c(I)c1. The van der Waals surface area contributed by atoms with Crippen LogP contribution in [-0.4, -0.2) is 5.11 Å². The zero-order valence-corrected chi connectivity index (χ0v) is 9.53. The summed E-state index contributed by atoms with van der Waals surface area (Å²) < 4.78 is 1.29. The van der Waals surface area contributed by atoms with E-state index >= 15 is 0 Å². The van der Waals surface area contributed by atoms with Gasteiger partial charge in [-0.2, -0.15) is 0 Å². The molecule has 1 aromatic carbocycles. The number of phenols is 1. The Morgan fingerprint density at radius 2 is 1.73 bits per heavy atom. The predicted octanol–water partition coefficient (Wildman–Crippen LogP) is 3.00. The summed E-state index contributed by atoms with van der Waals surface area (Å²) in [6.45, 7) is 0. The summed E-state index contributed by atoms with van der Waals surface area (Å²) in [6.07, 6.45) is 0. The summed E-state index contributed by atoms with van der Waals surface area (Å²) in [6, 6.07) is 3.07. The van der Waals surface area contributed by atoms with Crippen LogP contribution >= 0.6 is 45.2 Å². The van der Waals surface area contributed by atoms with Gasteiger partial charge in [-0.25, -0.2) is 0 Å². The van der Waals surface area contributed by atoms with Crippen LogP contribution in [0.15, 0.2) is 17.3 Å². The smallest absolute Gasteiger partial charge is 0.142 e. The minimum Gasteiger partial charge on any atom is -0.506 e. The highest BCUT2D eigenvalue weighted by atomic mass is 127. The molecule has 0 atom stereocenters. The van der Waals surface area contributed by atoms with E-state index < -0.39 is 0 Å². The molecule has 5 heteroatoms. The first-order valence-corrected chi connectivity index (χ1v) is 4.82. The quantitative estimate of drug-likeness (QED) is 0.606. The first-order chi connectivity index (χ1) is 5.15. The first kappa shape index (κ1) is 9.17. The molecule has 58 valence electrons. The zero-order chi connectivity index (χ0) is 8.43. The van der Waals surface area contributed by atoms with Gasteiger partial charge in [0.05, 0.1) is 7.14 Å².